The molecule has 0 fully saturated rings. The third-order valence-electron chi connectivity index (χ3n) is 3.43. The van der Waals surface area contributed by atoms with E-state index in [1.807, 2.05) is 37.3 Å². The molecule has 118 valence electrons. The van der Waals surface area contributed by atoms with Gasteiger partial charge in [-0.2, -0.15) is 0 Å². The zero-order valence-corrected chi connectivity index (χ0v) is 13.5. The summed E-state index contributed by atoms with van der Waals surface area (Å²) >= 11 is 0. The van der Waals surface area contributed by atoms with Crippen molar-refractivity contribution in [3.8, 4) is 0 Å². The van der Waals surface area contributed by atoms with Crippen LogP contribution in [0.15, 0.2) is 30.3 Å². The fourth-order valence-corrected chi connectivity index (χ4v) is 3.00. The lowest BCUT2D eigenvalue weighted by molar-refractivity contribution is -0.120. The standard InChI is InChI=1S/C15H23NO4S/c1-12(14-7-5-4-6-8-14)11-16-15(17)13(2)21(18,19)10-9-20-3/h4-8,12-13H,9-11H2,1-3H3,(H,16,17). The monoisotopic (exact) mass is 313 g/mol. The number of hydrogen-bond acceptors (Lipinski definition) is 4. The maximum Gasteiger partial charge on any atom is 0.238 e. The van der Waals surface area contributed by atoms with E-state index in [2.05, 4.69) is 5.32 Å². The predicted octanol–water partition coefficient (Wildman–Crippen LogP) is 1.36. The van der Waals surface area contributed by atoms with Gasteiger partial charge in [0.15, 0.2) is 9.84 Å². The molecule has 0 heterocycles. The van der Waals surface area contributed by atoms with Gasteiger partial charge in [-0.25, -0.2) is 8.42 Å². The van der Waals surface area contributed by atoms with Crippen molar-refractivity contribution in [3.05, 3.63) is 35.9 Å². The summed E-state index contributed by atoms with van der Waals surface area (Å²) in [5.74, 6) is -0.482. The molecule has 0 aliphatic carbocycles. The number of carbonyl (C=O) groups is 1. The van der Waals surface area contributed by atoms with E-state index in [9.17, 15) is 13.2 Å². The van der Waals surface area contributed by atoms with Crippen molar-refractivity contribution >= 4 is 15.7 Å². The van der Waals surface area contributed by atoms with E-state index in [0.717, 1.165) is 5.56 Å². The first kappa shape index (κ1) is 17.7. The van der Waals surface area contributed by atoms with Gasteiger partial charge in [-0.15, -0.1) is 0 Å². The lowest BCUT2D eigenvalue weighted by Crippen LogP contribution is -2.40. The Kier molecular flexibility index (Phi) is 6.84. The van der Waals surface area contributed by atoms with Crippen molar-refractivity contribution in [1.82, 2.24) is 5.32 Å². The number of carbonyl (C=O) groups excluding carboxylic acids is 1. The van der Waals surface area contributed by atoms with Crippen LogP contribution in [0.1, 0.15) is 25.3 Å². The summed E-state index contributed by atoms with van der Waals surface area (Å²) in [6.45, 7) is 3.90. The van der Waals surface area contributed by atoms with E-state index in [-0.39, 0.29) is 18.3 Å². The summed E-state index contributed by atoms with van der Waals surface area (Å²) in [6.07, 6.45) is 0. The third-order valence-corrected chi connectivity index (χ3v) is 5.46. The van der Waals surface area contributed by atoms with E-state index in [1.54, 1.807) is 0 Å². The van der Waals surface area contributed by atoms with E-state index < -0.39 is 21.0 Å². The fraction of sp³-hybridized carbons (Fsp3) is 0.533. The largest absolute Gasteiger partial charge is 0.384 e. The summed E-state index contributed by atoms with van der Waals surface area (Å²) in [4.78, 5) is 12.0. The van der Waals surface area contributed by atoms with Crippen LogP contribution in [0, 0.1) is 0 Å². The molecule has 6 heteroatoms. The highest BCUT2D eigenvalue weighted by Crippen LogP contribution is 2.13. The quantitative estimate of drug-likeness (QED) is 0.786. The highest BCUT2D eigenvalue weighted by atomic mass is 32.2. The highest BCUT2D eigenvalue weighted by molar-refractivity contribution is 7.92. The van der Waals surface area contributed by atoms with Crippen molar-refractivity contribution in [2.24, 2.45) is 0 Å². The SMILES string of the molecule is COCCS(=O)(=O)C(C)C(=O)NCC(C)c1ccccc1. The molecule has 1 N–H and O–H groups in total. The van der Waals surface area contributed by atoms with Crippen molar-refractivity contribution in [2.75, 3.05) is 26.0 Å². The van der Waals surface area contributed by atoms with E-state index in [0.29, 0.717) is 6.54 Å². The minimum atomic E-state index is -3.47. The maximum absolute atomic E-state index is 12.0. The zero-order valence-electron chi connectivity index (χ0n) is 12.7. The minimum absolute atomic E-state index is 0.0976. The van der Waals surface area contributed by atoms with Crippen molar-refractivity contribution < 1.29 is 17.9 Å². The maximum atomic E-state index is 12.0. The molecule has 1 rings (SSSR count). The molecule has 0 saturated carbocycles. The number of sulfone groups is 1. The van der Waals surface area contributed by atoms with Gasteiger partial charge in [0.25, 0.3) is 0 Å². The van der Waals surface area contributed by atoms with Crippen LogP contribution < -0.4 is 5.32 Å². The molecule has 0 aliphatic heterocycles. The molecule has 1 aromatic rings. The van der Waals surface area contributed by atoms with Crippen LogP contribution in [0.4, 0.5) is 0 Å². The fourth-order valence-electron chi connectivity index (χ4n) is 1.84. The van der Waals surface area contributed by atoms with Crippen LogP contribution in [0.25, 0.3) is 0 Å². The molecule has 0 saturated heterocycles. The average Bonchev–Trinajstić information content (AvgIpc) is 2.50. The Morgan fingerprint density at radius 1 is 1.24 bits per heavy atom. The highest BCUT2D eigenvalue weighted by Gasteiger charge is 2.27. The molecule has 0 aliphatic rings. The second kappa shape index (κ2) is 8.14. The first-order chi connectivity index (χ1) is 9.88. The first-order valence-electron chi connectivity index (χ1n) is 6.91. The van der Waals surface area contributed by atoms with E-state index in [4.69, 9.17) is 4.74 Å². The number of nitrogens with one attached hydrogen (secondary N) is 1. The molecule has 5 nitrogen and oxygen atoms in total. The molecule has 2 unspecified atom stereocenters. The smallest absolute Gasteiger partial charge is 0.238 e. The Hall–Kier alpha value is -1.40. The average molecular weight is 313 g/mol. The van der Waals surface area contributed by atoms with E-state index >= 15 is 0 Å². The predicted molar refractivity (Wildman–Crippen MR) is 83.0 cm³/mol. The third kappa shape index (κ3) is 5.47. The van der Waals surface area contributed by atoms with Crippen LogP contribution in [0.2, 0.25) is 0 Å². The summed E-state index contributed by atoms with van der Waals surface area (Å²) < 4.78 is 28.6. The zero-order chi connectivity index (χ0) is 15.9. The lowest BCUT2D eigenvalue weighted by Gasteiger charge is -2.16. The van der Waals surface area contributed by atoms with Gasteiger partial charge in [-0.1, -0.05) is 37.3 Å². The molecule has 1 amide bonds. The van der Waals surface area contributed by atoms with Crippen molar-refractivity contribution in [2.45, 2.75) is 25.0 Å². The second-order valence-corrected chi connectivity index (χ2v) is 7.50. The normalized spacial score (nSPS) is 14.4. The molecule has 21 heavy (non-hydrogen) atoms. The summed E-state index contributed by atoms with van der Waals surface area (Å²) in [7, 11) is -2.04. The molecule has 2 atom stereocenters. The molecule has 0 bridgehead atoms. The van der Waals surface area contributed by atoms with Gasteiger partial charge >= 0.3 is 0 Å². The van der Waals surface area contributed by atoms with Crippen molar-refractivity contribution in [3.63, 3.8) is 0 Å². The van der Waals surface area contributed by atoms with Gasteiger partial charge in [-0.05, 0) is 18.4 Å². The van der Waals surface area contributed by atoms with Gasteiger partial charge < -0.3 is 10.1 Å². The number of rotatable bonds is 8. The van der Waals surface area contributed by atoms with Crippen LogP contribution in [0.5, 0.6) is 0 Å². The van der Waals surface area contributed by atoms with Crippen LogP contribution >= 0.6 is 0 Å². The van der Waals surface area contributed by atoms with Crippen molar-refractivity contribution in [1.29, 1.82) is 0 Å². The number of amides is 1. The lowest BCUT2D eigenvalue weighted by atomic mass is 10.0. The van der Waals surface area contributed by atoms with Gasteiger partial charge in [0, 0.05) is 13.7 Å². The van der Waals surface area contributed by atoms with Crippen LogP contribution in [0.3, 0.4) is 0 Å². The summed E-state index contributed by atoms with van der Waals surface area (Å²) in [5, 5.41) is 1.64. The Bertz CT molecular complexity index is 542. The van der Waals surface area contributed by atoms with Gasteiger partial charge in [0.2, 0.25) is 5.91 Å². The molecule has 0 spiro atoms. The molecule has 0 aromatic heterocycles. The van der Waals surface area contributed by atoms with Gasteiger partial charge in [-0.3, -0.25) is 4.79 Å². The number of hydrogen-bond donors (Lipinski definition) is 1. The van der Waals surface area contributed by atoms with Gasteiger partial charge in [0.1, 0.15) is 5.25 Å². The van der Waals surface area contributed by atoms with Crippen LogP contribution in [-0.2, 0) is 19.4 Å². The molecule has 1 aromatic carbocycles. The Morgan fingerprint density at radius 2 is 1.86 bits per heavy atom. The van der Waals surface area contributed by atoms with Crippen LogP contribution in [-0.4, -0.2) is 45.6 Å². The summed E-state index contributed by atoms with van der Waals surface area (Å²) in [6, 6.07) is 9.77. The number of benzene rings is 1. The summed E-state index contributed by atoms with van der Waals surface area (Å²) in [5.41, 5.74) is 1.10. The molecule has 0 radical (unpaired) electrons. The number of methoxy groups -OCH3 is 1. The molecular weight excluding hydrogens is 290 g/mol. The Labute approximate surface area is 126 Å². The topological polar surface area (TPSA) is 72.5 Å². The minimum Gasteiger partial charge on any atom is -0.384 e. The first-order valence-corrected chi connectivity index (χ1v) is 8.63. The van der Waals surface area contributed by atoms with Gasteiger partial charge in [0.05, 0.1) is 12.4 Å². The molecular formula is C15H23NO4S. The Morgan fingerprint density at radius 3 is 2.43 bits per heavy atom. The Balaban J connectivity index is 2.53. The van der Waals surface area contributed by atoms with E-state index in [1.165, 1.54) is 14.0 Å². The second-order valence-electron chi connectivity index (χ2n) is 5.06. The number of ether oxygens (including phenoxy) is 1.